The van der Waals surface area contributed by atoms with E-state index in [4.69, 9.17) is 4.74 Å². The van der Waals surface area contributed by atoms with E-state index in [1.54, 1.807) is 0 Å². The highest BCUT2D eigenvalue weighted by molar-refractivity contribution is 4.86. The van der Waals surface area contributed by atoms with E-state index in [0.29, 0.717) is 6.10 Å². The minimum absolute atomic E-state index is 0.363. The third kappa shape index (κ3) is 3.21. The fourth-order valence-corrected chi connectivity index (χ4v) is 3.17. The first-order valence-corrected chi connectivity index (χ1v) is 7.06. The molecule has 16 heavy (non-hydrogen) atoms. The van der Waals surface area contributed by atoms with Gasteiger partial charge < -0.3 is 9.84 Å². The van der Waals surface area contributed by atoms with Gasteiger partial charge in [-0.3, -0.25) is 0 Å². The van der Waals surface area contributed by atoms with Gasteiger partial charge in [0.25, 0.3) is 0 Å². The molecule has 1 N–H and O–H groups in total. The van der Waals surface area contributed by atoms with E-state index in [1.807, 2.05) is 0 Å². The van der Waals surface area contributed by atoms with Gasteiger partial charge in [0.2, 0.25) is 0 Å². The first-order valence-electron chi connectivity index (χ1n) is 7.06. The molecule has 2 heteroatoms. The molecule has 1 atom stereocenters. The predicted octanol–water partition coefficient (Wildman–Crippen LogP) is 3.28. The van der Waals surface area contributed by atoms with Crippen LogP contribution >= 0.6 is 0 Å². The van der Waals surface area contributed by atoms with Crippen LogP contribution in [0, 0.1) is 5.92 Å². The van der Waals surface area contributed by atoms with Crippen LogP contribution in [0.1, 0.15) is 64.7 Å². The number of rotatable bonds is 4. The number of hydrogen-bond acceptors (Lipinski definition) is 2. The van der Waals surface area contributed by atoms with Gasteiger partial charge in [-0.25, -0.2) is 0 Å². The molecule has 1 aliphatic carbocycles. The van der Waals surface area contributed by atoms with E-state index in [9.17, 15) is 5.11 Å². The van der Waals surface area contributed by atoms with Crippen LogP contribution in [0.3, 0.4) is 0 Å². The Hall–Kier alpha value is -0.0800. The van der Waals surface area contributed by atoms with Crippen molar-refractivity contribution in [3.8, 4) is 0 Å². The van der Waals surface area contributed by atoms with Crippen molar-refractivity contribution >= 4 is 0 Å². The Morgan fingerprint density at radius 2 is 2.00 bits per heavy atom. The van der Waals surface area contributed by atoms with Crippen molar-refractivity contribution in [1.29, 1.82) is 0 Å². The molecule has 0 aromatic carbocycles. The van der Waals surface area contributed by atoms with E-state index < -0.39 is 0 Å². The van der Waals surface area contributed by atoms with Gasteiger partial charge in [0.1, 0.15) is 0 Å². The fourth-order valence-electron chi connectivity index (χ4n) is 3.17. The van der Waals surface area contributed by atoms with E-state index in [2.05, 4.69) is 6.92 Å². The molecule has 1 saturated carbocycles. The summed E-state index contributed by atoms with van der Waals surface area (Å²) in [5.74, 6) is 0.864. The lowest BCUT2D eigenvalue weighted by atomic mass is 9.75. The van der Waals surface area contributed by atoms with Gasteiger partial charge in [0.15, 0.2) is 0 Å². The Kier molecular flexibility index (Phi) is 4.26. The SMILES string of the molecule is CCC1CCC(O)(CCC2CCCO2)CC1. The van der Waals surface area contributed by atoms with Crippen LogP contribution in [0.4, 0.5) is 0 Å². The van der Waals surface area contributed by atoms with Gasteiger partial charge in [-0.05, 0) is 57.3 Å². The Morgan fingerprint density at radius 1 is 1.25 bits per heavy atom. The Balaban J connectivity index is 1.71. The predicted molar refractivity (Wildman–Crippen MR) is 65.4 cm³/mol. The summed E-state index contributed by atoms with van der Waals surface area (Å²) in [5, 5.41) is 10.5. The molecule has 2 rings (SSSR count). The van der Waals surface area contributed by atoms with Crippen molar-refractivity contribution in [2.75, 3.05) is 6.61 Å². The number of ether oxygens (including phenoxy) is 1. The molecule has 0 aromatic heterocycles. The van der Waals surface area contributed by atoms with Gasteiger partial charge in [0, 0.05) is 6.61 Å². The highest BCUT2D eigenvalue weighted by atomic mass is 16.5. The first kappa shape index (κ1) is 12.4. The average molecular weight is 226 g/mol. The maximum atomic E-state index is 10.5. The zero-order valence-corrected chi connectivity index (χ0v) is 10.6. The minimum atomic E-state index is -0.363. The summed E-state index contributed by atoms with van der Waals surface area (Å²) >= 11 is 0. The zero-order chi connectivity index (χ0) is 11.4. The first-order chi connectivity index (χ1) is 7.72. The summed E-state index contributed by atoms with van der Waals surface area (Å²) in [6.45, 7) is 3.20. The average Bonchev–Trinajstić information content (AvgIpc) is 2.81. The van der Waals surface area contributed by atoms with Gasteiger partial charge in [-0.15, -0.1) is 0 Å². The van der Waals surface area contributed by atoms with Crippen LogP contribution in [-0.2, 0) is 4.74 Å². The molecule has 2 fully saturated rings. The van der Waals surface area contributed by atoms with Crippen molar-refractivity contribution in [3.05, 3.63) is 0 Å². The summed E-state index contributed by atoms with van der Waals surface area (Å²) in [7, 11) is 0. The standard InChI is InChI=1S/C14H26O2/c1-2-12-5-8-14(15,9-6-12)10-7-13-4-3-11-16-13/h12-13,15H,2-11H2,1H3. The van der Waals surface area contributed by atoms with Crippen LogP contribution in [0.15, 0.2) is 0 Å². The molecule has 1 saturated heterocycles. The van der Waals surface area contributed by atoms with Crippen molar-refractivity contribution in [1.82, 2.24) is 0 Å². The van der Waals surface area contributed by atoms with Crippen molar-refractivity contribution in [2.24, 2.45) is 5.92 Å². The second-order valence-corrected chi connectivity index (χ2v) is 5.75. The highest BCUT2D eigenvalue weighted by Crippen LogP contribution is 2.37. The molecule has 94 valence electrons. The smallest absolute Gasteiger partial charge is 0.0649 e. The fraction of sp³-hybridized carbons (Fsp3) is 1.00. The lowest BCUT2D eigenvalue weighted by Crippen LogP contribution is -2.34. The molecule has 0 amide bonds. The molecule has 0 spiro atoms. The lowest BCUT2D eigenvalue weighted by molar-refractivity contribution is -0.0292. The highest BCUT2D eigenvalue weighted by Gasteiger charge is 2.33. The zero-order valence-electron chi connectivity index (χ0n) is 10.6. The van der Waals surface area contributed by atoms with E-state index in [0.717, 1.165) is 38.2 Å². The van der Waals surface area contributed by atoms with E-state index in [1.165, 1.54) is 32.1 Å². The second-order valence-electron chi connectivity index (χ2n) is 5.75. The molecular weight excluding hydrogens is 200 g/mol. The molecule has 2 aliphatic rings. The summed E-state index contributed by atoms with van der Waals surface area (Å²) in [4.78, 5) is 0. The Bertz CT molecular complexity index is 201. The monoisotopic (exact) mass is 226 g/mol. The molecule has 0 radical (unpaired) electrons. The largest absolute Gasteiger partial charge is 0.390 e. The molecule has 1 aliphatic heterocycles. The number of hydrogen-bond donors (Lipinski definition) is 1. The third-order valence-electron chi connectivity index (χ3n) is 4.57. The summed E-state index contributed by atoms with van der Waals surface area (Å²) in [5.41, 5.74) is -0.363. The normalized spacial score (nSPS) is 40.1. The number of aliphatic hydroxyl groups is 1. The van der Waals surface area contributed by atoms with E-state index >= 15 is 0 Å². The summed E-state index contributed by atoms with van der Waals surface area (Å²) in [6.07, 6.45) is 10.6. The molecule has 1 unspecified atom stereocenters. The molecule has 0 aromatic rings. The molecular formula is C14H26O2. The lowest BCUT2D eigenvalue weighted by Gasteiger charge is -2.36. The third-order valence-corrected chi connectivity index (χ3v) is 4.57. The van der Waals surface area contributed by atoms with Crippen LogP contribution < -0.4 is 0 Å². The minimum Gasteiger partial charge on any atom is -0.390 e. The summed E-state index contributed by atoms with van der Waals surface area (Å²) in [6, 6.07) is 0. The van der Waals surface area contributed by atoms with E-state index in [-0.39, 0.29) is 5.60 Å². The van der Waals surface area contributed by atoms with Gasteiger partial charge >= 0.3 is 0 Å². The molecule has 2 nitrogen and oxygen atoms in total. The van der Waals surface area contributed by atoms with Gasteiger partial charge in [-0.1, -0.05) is 13.3 Å². The van der Waals surface area contributed by atoms with Crippen molar-refractivity contribution in [3.63, 3.8) is 0 Å². The van der Waals surface area contributed by atoms with Crippen LogP contribution in [-0.4, -0.2) is 23.4 Å². The Labute approximate surface area is 99.4 Å². The summed E-state index contributed by atoms with van der Waals surface area (Å²) < 4.78 is 5.62. The van der Waals surface area contributed by atoms with Crippen molar-refractivity contribution in [2.45, 2.75) is 76.4 Å². The second kappa shape index (κ2) is 5.50. The Morgan fingerprint density at radius 3 is 2.56 bits per heavy atom. The van der Waals surface area contributed by atoms with Crippen LogP contribution in [0.5, 0.6) is 0 Å². The maximum absolute atomic E-state index is 10.5. The molecule has 1 heterocycles. The van der Waals surface area contributed by atoms with Gasteiger partial charge in [0.05, 0.1) is 11.7 Å². The maximum Gasteiger partial charge on any atom is 0.0649 e. The van der Waals surface area contributed by atoms with Crippen LogP contribution in [0.25, 0.3) is 0 Å². The van der Waals surface area contributed by atoms with Gasteiger partial charge in [-0.2, -0.15) is 0 Å². The van der Waals surface area contributed by atoms with Crippen LogP contribution in [0.2, 0.25) is 0 Å². The topological polar surface area (TPSA) is 29.5 Å². The quantitative estimate of drug-likeness (QED) is 0.797. The molecule has 0 bridgehead atoms. The van der Waals surface area contributed by atoms with Crippen molar-refractivity contribution < 1.29 is 9.84 Å².